The van der Waals surface area contributed by atoms with Crippen molar-refractivity contribution < 1.29 is 32.2 Å². The van der Waals surface area contributed by atoms with E-state index in [1.54, 1.807) is 0 Å². The molecule has 2 aromatic carbocycles. The molecule has 26 heavy (non-hydrogen) atoms. The highest BCUT2D eigenvalue weighted by molar-refractivity contribution is 5.95. The third kappa shape index (κ3) is 3.03. The number of methoxy groups -OCH3 is 1. The number of halogens is 4. The maximum absolute atomic E-state index is 14.0. The van der Waals surface area contributed by atoms with Crippen LogP contribution in [0.2, 0.25) is 0 Å². The molecule has 0 atom stereocenters. The molecular formula is C17H10F4N2O3. The number of aromatic nitrogens is 2. The Labute approximate surface area is 143 Å². The fourth-order valence-electron chi connectivity index (χ4n) is 2.56. The van der Waals surface area contributed by atoms with Gasteiger partial charge >= 0.3 is 12.1 Å². The van der Waals surface area contributed by atoms with Crippen LogP contribution in [0.5, 0.6) is 5.75 Å². The maximum Gasteiger partial charge on any atom is 0.417 e. The molecule has 0 fully saturated rings. The molecule has 0 unspecified atom stereocenters. The van der Waals surface area contributed by atoms with Gasteiger partial charge in [-0.25, -0.2) is 19.2 Å². The Hall–Kier alpha value is -3.23. The second-order valence-corrected chi connectivity index (χ2v) is 5.29. The van der Waals surface area contributed by atoms with Gasteiger partial charge in [-0.15, -0.1) is 0 Å². The van der Waals surface area contributed by atoms with Gasteiger partial charge in [0, 0.05) is 17.0 Å². The predicted molar refractivity (Wildman–Crippen MR) is 83.4 cm³/mol. The SMILES string of the molecule is COc1cc2ncnc(-c3ccc(C(=O)O)c(C(F)(F)F)c3)c2cc1F. The number of carbonyl (C=O) groups is 1. The zero-order valence-corrected chi connectivity index (χ0v) is 13.1. The summed E-state index contributed by atoms with van der Waals surface area (Å²) in [5, 5.41) is 9.14. The predicted octanol–water partition coefficient (Wildman–Crippen LogP) is 4.16. The number of rotatable bonds is 3. The van der Waals surface area contributed by atoms with Crippen molar-refractivity contribution in [2.24, 2.45) is 0 Å². The summed E-state index contributed by atoms with van der Waals surface area (Å²) in [6.45, 7) is 0. The molecule has 0 spiro atoms. The molecule has 3 rings (SSSR count). The molecule has 5 nitrogen and oxygen atoms in total. The summed E-state index contributed by atoms with van der Waals surface area (Å²) in [6, 6.07) is 5.05. The molecule has 0 saturated heterocycles. The summed E-state index contributed by atoms with van der Waals surface area (Å²) in [7, 11) is 1.27. The van der Waals surface area contributed by atoms with E-state index in [4.69, 9.17) is 9.84 Å². The van der Waals surface area contributed by atoms with Gasteiger partial charge in [-0.2, -0.15) is 13.2 Å². The summed E-state index contributed by atoms with van der Waals surface area (Å²) in [6.07, 6.45) is -3.76. The van der Waals surface area contributed by atoms with E-state index in [0.717, 1.165) is 18.5 Å². The van der Waals surface area contributed by atoms with E-state index in [1.165, 1.54) is 19.2 Å². The summed E-state index contributed by atoms with van der Waals surface area (Å²) in [4.78, 5) is 19.0. The molecule has 0 saturated carbocycles. The van der Waals surface area contributed by atoms with Crippen molar-refractivity contribution in [3.8, 4) is 17.0 Å². The first kappa shape index (κ1) is 17.6. The van der Waals surface area contributed by atoms with Crippen LogP contribution >= 0.6 is 0 Å². The number of carboxylic acids is 1. The molecule has 0 aliphatic heterocycles. The number of fused-ring (bicyclic) bond motifs is 1. The molecule has 3 aromatic rings. The van der Waals surface area contributed by atoms with Crippen LogP contribution in [-0.2, 0) is 6.18 Å². The van der Waals surface area contributed by atoms with Gasteiger partial charge in [-0.05, 0) is 18.2 Å². The van der Waals surface area contributed by atoms with Gasteiger partial charge in [-0.1, -0.05) is 6.07 Å². The third-order valence-electron chi connectivity index (χ3n) is 3.74. The first-order valence-corrected chi connectivity index (χ1v) is 7.15. The van der Waals surface area contributed by atoms with E-state index >= 15 is 0 Å². The van der Waals surface area contributed by atoms with E-state index in [2.05, 4.69) is 9.97 Å². The van der Waals surface area contributed by atoms with E-state index in [0.29, 0.717) is 6.07 Å². The second kappa shape index (κ2) is 6.25. The lowest BCUT2D eigenvalue weighted by Crippen LogP contribution is -2.13. The number of ether oxygens (including phenoxy) is 1. The van der Waals surface area contributed by atoms with Gasteiger partial charge < -0.3 is 9.84 Å². The minimum atomic E-state index is -4.87. The summed E-state index contributed by atoms with van der Waals surface area (Å²) >= 11 is 0. The third-order valence-corrected chi connectivity index (χ3v) is 3.74. The molecule has 1 N–H and O–H groups in total. The number of nitrogens with zero attached hydrogens (tertiary/aromatic N) is 2. The molecule has 0 aliphatic carbocycles. The largest absolute Gasteiger partial charge is 0.494 e. The summed E-state index contributed by atoms with van der Waals surface area (Å²) < 4.78 is 58.5. The minimum absolute atomic E-state index is 0.0145. The van der Waals surface area contributed by atoms with E-state index < -0.39 is 29.1 Å². The molecule has 1 heterocycles. The van der Waals surface area contributed by atoms with Gasteiger partial charge in [-0.3, -0.25) is 0 Å². The summed E-state index contributed by atoms with van der Waals surface area (Å²) in [5.41, 5.74) is -1.90. The van der Waals surface area contributed by atoms with Crippen LogP contribution in [-0.4, -0.2) is 28.2 Å². The van der Waals surface area contributed by atoms with Crippen LogP contribution in [0, 0.1) is 5.82 Å². The maximum atomic E-state index is 14.0. The van der Waals surface area contributed by atoms with Crippen molar-refractivity contribution in [3.63, 3.8) is 0 Å². The number of hydrogen-bond donors (Lipinski definition) is 1. The zero-order chi connectivity index (χ0) is 19.1. The van der Waals surface area contributed by atoms with Gasteiger partial charge in [0.05, 0.1) is 29.4 Å². The van der Waals surface area contributed by atoms with E-state index in [1.807, 2.05) is 0 Å². The van der Waals surface area contributed by atoms with Crippen molar-refractivity contribution in [2.75, 3.05) is 7.11 Å². The first-order chi connectivity index (χ1) is 12.2. The average Bonchev–Trinajstić information content (AvgIpc) is 2.59. The smallest absolute Gasteiger partial charge is 0.417 e. The molecule has 1 aromatic heterocycles. The Morgan fingerprint density at radius 1 is 1.15 bits per heavy atom. The van der Waals surface area contributed by atoms with E-state index in [-0.39, 0.29) is 27.9 Å². The van der Waals surface area contributed by atoms with Gasteiger partial charge in [0.1, 0.15) is 6.33 Å². The molecule has 0 bridgehead atoms. The fraction of sp³-hybridized carbons (Fsp3) is 0.118. The molecular weight excluding hydrogens is 356 g/mol. The Morgan fingerprint density at radius 3 is 2.50 bits per heavy atom. The lowest BCUT2D eigenvalue weighted by molar-refractivity contribution is -0.138. The number of benzene rings is 2. The number of aromatic carboxylic acids is 1. The Bertz CT molecular complexity index is 1020. The number of alkyl halides is 3. The highest BCUT2D eigenvalue weighted by atomic mass is 19.4. The highest BCUT2D eigenvalue weighted by Crippen LogP contribution is 2.36. The summed E-state index contributed by atoms with van der Waals surface area (Å²) in [5.74, 6) is -2.50. The van der Waals surface area contributed by atoms with Crippen LogP contribution in [0.15, 0.2) is 36.7 Å². The number of carboxylic acid groups (broad SMARTS) is 1. The monoisotopic (exact) mass is 366 g/mol. The lowest BCUT2D eigenvalue weighted by Gasteiger charge is -2.13. The normalized spacial score (nSPS) is 11.6. The molecule has 9 heteroatoms. The fourth-order valence-corrected chi connectivity index (χ4v) is 2.56. The Kier molecular flexibility index (Phi) is 4.23. The minimum Gasteiger partial charge on any atom is -0.494 e. The van der Waals surface area contributed by atoms with Crippen LogP contribution < -0.4 is 4.74 Å². The van der Waals surface area contributed by atoms with Gasteiger partial charge in [0.25, 0.3) is 0 Å². The van der Waals surface area contributed by atoms with Gasteiger partial charge in [0.15, 0.2) is 11.6 Å². The zero-order valence-electron chi connectivity index (χ0n) is 13.1. The van der Waals surface area contributed by atoms with E-state index in [9.17, 15) is 22.4 Å². The van der Waals surface area contributed by atoms with Crippen LogP contribution in [0.4, 0.5) is 17.6 Å². The van der Waals surface area contributed by atoms with Crippen molar-refractivity contribution in [3.05, 3.63) is 53.6 Å². The molecule has 0 aliphatic rings. The van der Waals surface area contributed by atoms with Crippen LogP contribution in [0.1, 0.15) is 15.9 Å². The molecule has 0 radical (unpaired) electrons. The highest BCUT2D eigenvalue weighted by Gasteiger charge is 2.35. The molecule has 0 amide bonds. The van der Waals surface area contributed by atoms with Crippen LogP contribution in [0.25, 0.3) is 22.2 Å². The second-order valence-electron chi connectivity index (χ2n) is 5.29. The van der Waals surface area contributed by atoms with Crippen LogP contribution in [0.3, 0.4) is 0 Å². The van der Waals surface area contributed by atoms with Crippen molar-refractivity contribution in [1.82, 2.24) is 9.97 Å². The van der Waals surface area contributed by atoms with Crippen molar-refractivity contribution in [2.45, 2.75) is 6.18 Å². The van der Waals surface area contributed by atoms with Crippen molar-refractivity contribution >= 4 is 16.9 Å². The first-order valence-electron chi connectivity index (χ1n) is 7.15. The molecule has 134 valence electrons. The topological polar surface area (TPSA) is 72.3 Å². The lowest BCUT2D eigenvalue weighted by atomic mass is 9.99. The quantitative estimate of drug-likeness (QED) is 0.705. The number of hydrogen-bond acceptors (Lipinski definition) is 4. The standard InChI is InChI=1S/C17H10F4N2O3/c1-26-14-6-13-10(5-12(14)18)15(23-7-22-13)8-2-3-9(16(24)25)11(4-8)17(19,20)21/h2-7H,1H3,(H,24,25). The Balaban J connectivity index is 2.27. The van der Waals surface area contributed by atoms with Gasteiger partial charge in [0.2, 0.25) is 0 Å². The Morgan fingerprint density at radius 2 is 1.88 bits per heavy atom. The average molecular weight is 366 g/mol. The van der Waals surface area contributed by atoms with Crippen molar-refractivity contribution in [1.29, 1.82) is 0 Å².